The summed E-state index contributed by atoms with van der Waals surface area (Å²) in [7, 11) is 0. The molecule has 4 nitrogen and oxygen atoms in total. The number of amides is 1. The van der Waals surface area contributed by atoms with Crippen LogP contribution in [0.1, 0.15) is 18.1 Å². The van der Waals surface area contributed by atoms with Crippen molar-refractivity contribution < 1.29 is 14.3 Å². The molecule has 0 bridgehead atoms. The number of aryl methyl sites for hydroxylation is 1. The molecule has 0 aliphatic carbocycles. The lowest BCUT2D eigenvalue weighted by atomic mass is 10.2. The minimum atomic E-state index is -0.895. The van der Waals surface area contributed by atoms with Crippen molar-refractivity contribution in [1.29, 1.82) is 0 Å². The van der Waals surface area contributed by atoms with E-state index >= 15 is 0 Å². The van der Waals surface area contributed by atoms with Crippen LogP contribution in [0.2, 0.25) is 5.02 Å². The van der Waals surface area contributed by atoms with Crippen molar-refractivity contribution in [2.45, 2.75) is 20.0 Å². The second kappa shape index (κ2) is 8.31. The number of esters is 1. The Hall–Kier alpha value is -2.59. The second-order valence-electron chi connectivity index (χ2n) is 5.32. The summed E-state index contributed by atoms with van der Waals surface area (Å²) in [5.41, 5.74) is 2.51. The maximum Gasteiger partial charge on any atom is 0.331 e. The van der Waals surface area contributed by atoms with Crippen LogP contribution in [-0.2, 0) is 14.3 Å². The van der Waals surface area contributed by atoms with E-state index in [1.165, 1.54) is 13.0 Å². The number of hydrogen-bond acceptors (Lipinski definition) is 3. The van der Waals surface area contributed by atoms with E-state index in [1.54, 1.807) is 36.4 Å². The van der Waals surface area contributed by atoms with Gasteiger partial charge in [0, 0.05) is 16.8 Å². The molecule has 0 unspecified atom stereocenters. The normalized spacial score (nSPS) is 12.0. The topological polar surface area (TPSA) is 55.4 Å². The van der Waals surface area contributed by atoms with Crippen molar-refractivity contribution in [2.75, 3.05) is 5.32 Å². The molecule has 24 heavy (non-hydrogen) atoms. The molecule has 2 aromatic carbocycles. The van der Waals surface area contributed by atoms with Crippen LogP contribution in [0.3, 0.4) is 0 Å². The fraction of sp³-hybridized carbons (Fsp3) is 0.158. The van der Waals surface area contributed by atoms with Gasteiger partial charge in [-0.1, -0.05) is 35.9 Å². The summed E-state index contributed by atoms with van der Waals surface area (Å²) in [6, 6.07) is 14.4. The summed E-state index contributed by atoms with van der Waals surface area (Å²) in [5, 5.41) is 3.33. The summed E-state index contributed by atoms with van der Waals surface area (Å²) in [6.07, 6.45) is 1.98. The summed E-state index contributed by atoms with van der Waals surface area (Å²) < 4.78 is 5.10. The van der Waals surface area contributed by atoms with Crippen molar-refractivity contribution in [2.24, 2.45) is 0 Å². The van der Waals surface area contributed by atoms with E-state index in [1.807, 2.05) is 25.1 Å². The van der Waals surface area contributed by atoms with Crippen molar-refractivity contribution >= 4 is 35.2 Å². The molecule has 0 aliphatic rings. The molecule has 1 amide bonds. The molecule has 0 saturated heterocycles. The molecule has 0 saturated carbocycles. The minimum absolute atomic E-state index is 0.381. The molecule has 1 N–H and O–H groups in total. The Morgan fingerprint density at radius 1 is 1.17 bits per heavy atom. The zero-order valence-corrected chi connectivity index (χ0v) is 14.2. The van der Waals surface area contributed by atoms with Crippen LogP contribution in [0.5, 0.6) is 0 Å². The zero-order valence-electron chi connectivity index (χ0n) is 13.5. The second-order valence-corrected chi connectivity index (χ2v) is 5.76. The quantitative estimate of drug-likeness (QED) is 0.652. The highest BCUT2D eigenvalue weighted by atomic mass is 35.5. The van der Waals surface area contributed by atoms with E-state index in [0.29, 0.717) is 10.7 Å². The SMILES string of the molecule is Cc1cccc(NC(=O)[C@H](C)OC(=O)/C=C/c2ccc(Cl)cc2)c1. The summed E-state index contributed by atoms with van der Waals surface area (Å²) >= 11 is 5.79. The number of carbonyl (C=O) groups excluding carboxylic acids is 2. The van der Waals surface area contributed by atoms with Gasteiger partial charge in [-0.05, 0) is 55.3 Å². The molecule has 2 aromatic rings. The van der Waals surface area contributed by atoms with Crippen molar-refractivity contribution in [3.8, 4) is 0 Å². The molecular weight excluding hydrogens is 326 g/mol. The fourth-order valence-electron chi connectivity index (χ4n) is 1.97. The number of ether oxygens (including phenoxy) is 1. The average molecular weight is 344 g/mol. The predicted octanol–water partition coefficient (Wildman–Crippen LogP) is 4.23. The molecule has 0 radical (unpaired) electrons. The third-order valence-electron chi connectivity index (χ3n) is 3.23. The van der Waals surface area contributed by atoms with Gasteiger partial charge in [0.15, 0.2) is 6.10 Å². The molecular formula is C19H18ClNO3. The van der Waals surface area contributed by atoms with E-state index in [2.05, 4.69) is 5.32 Å². The number of carbonyl (C=O) groups is 2. The fourth-order valence-corrected chi connectivity index (χ4v) is 2.10. The van der Waals surface area contributed by atoms with Crippen molar-refractivity contribution in [3.63, 3.8) is 0 Å². The van der Waals surface area contributed by atoms with Crippen LogP contribution in [0, 0.1) is 6.92 Å². The lowest BCUT2D eigenvalue weighted by Crippen LogP contribution is -2.29. The number of hydrogen-bond donors (Lipinski definition) is 1. The Morgan fingerprint density at radius 2 is 1.88 bits per heavy atom. The van der Waals surface area contributed by atoms with E-state index < -0.39 is 12.1 Å². The Bertz CT molecular complexity index is 753. The number of anilines is 1. The van der Waals surface area contributed by atoms with Crippen LogP contribution < -0.4 is 5.32 Å². The van der Waals surface area contributed by atoms with E-state index in [-0.39, 0.29) is 5.91 Å². The van der Waals surface area contributed by atoms with Gasteiger partial charge in [-0.15, -0.1) is 0 Å². The molecule has 0 fully saturated rings. The Kier molecular flexibility index (Phi) is 6.15. The smallest absolute Gasteiger partial charge is 0.331 e. The van der Waals surface area contributed by atoms with Gasteiger partial charge in [-0.2, -0.15) is 0 Å². The highest BCUT2D eigenvalue weighted by molar-refractivity contribution is 6.30. The van der Waals surface area contributed by atoms with Crippen LogP contribution in [0.25, 0.3) is 6.08 Å². The lowest BCUT2D eigenvalue weighted by Gasteiger charge is -2.12. The molecule has 1 atom stereocenters. The summed E-state index contributed by atoms with van der Waals surface area (Å²) in [4.78, 5) is 23.8. The highest BCUT2D eigenvalue weighted by Crippen LogP contribution is 2.12. The first-order valence-electron chi connectivity index (χ1n) is 7.46. The number of halogens is 1. The molecule has 5 heteroatoms. The third-order valence-corrected chi connectivity index (χ3v) is 3.48. The van der Waals surface area contributed by atoms with Gasteiger partial charge in [0.1, 0.15) is 0 Å². The Morgan fingerprint density at radius 3 is 2.54 bits per heavy atom. The van der Waals surface area contributed by atoms with E-state index in [4.69, 9.17) is 16.3 Å². The highest BCUT2D eigenvalue weighted by Gasteiger charge is 2.16. The van der Waals surface area contributed by atoms with E-state index in [9.17, 15) is 9.59 Å². The number of rotatable bonds is 5. The van der Waals surface area contributed by atoms with Crippen LogP contribution in [0.15, 0.2) is 54.6 Å². The third kappa shape index (κ3) is 5.56. The van der Waals surface area contributed by atoms with Gasteiger partial charge >= 0.3 is 5.97 Å². The van der Waals surface area contributed by atoms with Gasteiger partial charge < -0.3 is 10.1 Å². The molecule has 0 spiro atoms. The Balaban J connectivity index is 1.88. The van der Waals surface area contributed by atoms with Gasteiger partial charge in [0.2, 0.25) is 0 Å². The van der Waals surface area contributed by atoms with Gasteiger partial charge in [-0.25, -0.2) is 4.79 Å². The maximum atomic E-state index is 12.0. The van der Waals surface area contributed by atoms with Gasteiger partial charge in [0.25, 0.3) is 5.91 Å². The summed E-state index contributed by atoms with van der Waals surface area (Å²) in [5.74, 6) is -0.967. The van der Waals surface area contributed by atoms with Crippen molar-refractivity contribution in [1.82, 2.24) is 0 Å². The largest absolute Gasteiger partial charge is 0.449 e. The lowest BCUT2D eigenvalue weighted by molar-refractivity contribution is -0.148. The Labute approximate surface area is 146 Å². The van der Waals surface area contributed by atoms with Gasteiger partial charge in [0.05, 0.1) is 0 Å². The first kappa shape index (κ1) is 17.8. The molecule has 0 aromatic heterocycles. The predicted molar refractivity (Wildman–Crippen MR) is 95.8 cm³/mol. The molecule has 0 heterocycles. The van der Waals surface area contributed by atoms with Crippen LogP contribution >= 0.6 is 11.6 Å². The van der Waals surface area contributed by atoms with Crippen LogP contribution in [-0.4, -0.2) is 18.0 Å². The summed E-state index contributed by atoms with van der Waals surface area (Å²) in [6.45, 7) is 3.46. The maximum absolute atomic E-state index is 12.0. The zero-order chi connectivity index (χ0) is 17.5. The molecule has 124 valence electrons. The monoisotopic (exact) mass is 343 g/mol. The van der Waals surface area contributed by atoms with E-state index in [0.717, 1.165) is 11.1 Å². The number of benzene rings is 2. The molecule has 0 aliphatic heterocycles. The van der Waals surface area contributed by atoms with Crippen LogP contribution in [0.4, 0.5) is 5.69 Å². The standard InChI is InChI=1S/C19H18ClNO3/c1-13-4-3-5-17(12-13)21-19(23)14(2)24-18(22)11-8-15-6-9-16(20)10-7-15/h3-12,14H,1-2H3,(H,21,23)/b11-8+/t14-/m0/s1. The minimum Gasteiger partial charge on any atom is -0.449 e. The first-order valence-corrected chi connectivity index (χ1v) is 7.83. The molecule has 2 rings (SSSR count). The average Bonchev–Trinajstić information content (AvgIpc) is 2.54. The van der Waals surface area contributed by atoms with Crippen molar-refractivity contribution in [3.05, 3.63) is 70.8 Å². The van der Waals surface area contributed by atoms with Gasteiger partial charge in [-0.3, -0.25) is 4.79 Å². The first-order chi connectivity index (χ1) is 11.4. The number of nitrogens with one attached hydrogen (secondary N) is 1.